The number of carbonyl (C=O) groups excluding carboxylic acids is 1. The Morgan fingerprint density at radius 1 is 1.11 bits per heavy atom. The van der Waals surface area contributed by atoms with E-state index in [9.17, 15) is 20.3 Å². The SMILES string of the molecule is CC(C)Oc1ccc(-c2nc(-c3ccc4c(c3)CCN(C(=O)CCC(CO)CO)CC4)no2)cc1C#N. The van der Waals surface area contributed by atoms with Crippen LogP contribution in [0.4, 0.5) is 0 Å². The van der Waals surface area contributed by atoms with Gasteiger partial charge in [0.05, 0.1) is 11.7 Å². The fourth-order valence-corrected chi connectivity index (χ4v) is 4.40. The van der Waals surface area contributed by atoms with E-state index in [1.165, 1.54) is 5.56 Å². The molecule has 0 radical (unpaired) electrons. The van der Waals surface area contributed by atoms with Gasteiger partial charge >= 0.3 is 0 Å². The first-order valence-corrected chi connectivity index (χ1v) is 12.6. The summed E-state index contributed by atoms with van der Waals surface area (Å²) in [6, 6.07) is 13.4. The number of benzene rings is 2. The van der Waals surface area contributed by atoms with Crippen molar-refractivity contribution >= 4 is 5.91 Å². The third-order valence-electron chi connectivity index (χ3n) is 6.54. The van der Waals surface area contributed by atoms with Crippen molar-refractivity contribution in [2.75, 3.05) is 26.3 Å². The van der Waals surface area contributed by atoms with Gasteiger partial charge in [-0.3, -0.25) is 4.79 Å². The summed E-state index contributed by atoms with van der Waals surface area (Å²) < 4.78 is 11.2. The molecule has 2 N–H and O–H groups in total. The fraction of sp³-hybridized carbons (Fsp3) is 0.429. The monoisotopic (exact) mass is 504 g/mol. The summed E-state index contributed by atoms with van der Waals surface area (Å²) >= 11 is 0. The third-order valence-corrected chi connectivity index (χ3v) is 6.54. The van der Waals surface area contributed by atoms with Gasteiger partial charge in [-0.05, 0) is 68.5 Å². The zero-order chi connectivity index (χ0) is 26.4. The number of amides is 1. The van der Waals surface area contributed by atoms with Crippen LogP contribution < -0.4 is 4.74 Å². The van der Waals surface area contributed by atoms with Crippen molar-refractivity contribution < 1.29 is 24.3 Å². The third kappa shape index (κ3) is 6.34. The Hall–Kier alpha value is -3.74. The van der Waals surface area contributed by atoms with E-state index in [-0.39, 0.29) is 31.1 Å². The molecule has 0 bridgehead atoms. The molecule has 1 aliphatic rings. The summed E-state index contributed by atoms with van der Waals surface area (Å²) in [7, 11) is 0. The van der Waals surface area contributed by atoms with Crippen molar-refractivity contribution in [1.29, 1.82) is 5.26 Å². The lowest BCUT2D eigenvalue weighted by Crippen LogP contribution is -2.33. The molecule has 0 unspecified atom stereocenters. The van der Waals surface area contributed by atoms with Gasteiger partial charge in [0, 0.05) is 49.8 Å². The number of nitrogens with zero attached hydrogens (tertiary/aromatic N) is 4. The minimum atomic E-state index is -0.256. The minimum absolute atomic E-state index is 0.0451. The van der Waals surface area contributed by atoms with Crippen molar-refractivity contribution in [2.45, 2.75) is 45.6 Å². The number of nitriles is 1. The van der Waals surface area contributed by atoms with Crippen LogP contribution in [0.5, 0.6) is 5.75 Å². The summed E-state index contributed by atoms with van der Waals surface area (Å²) in [5.41, 5.74) is 4.19. The molecular formula is C28H32N4O5. The molecule has 0 fully saturated rings. The zero-order valence-electron chi connectivity index (χ0n) is 21.2. The van der Waals surface area contributed by atoms with Crippen LogP contribution in [0.25, 0.3) is 22.8 Å². The molecule has 2 aromatic carbocycles. The molecule has 9 heteroatoms. The lowest BCUT2D eigenvalue weighted by atomic mass is 10.00. The first-order chi connectivity index (χ1) is 17.9. The van der Waals surface area contributed by atoms with Crippen molar-refractivity contribution in [3.63, 3.8) is 0 Å². The van der Waals surface area contributed by atoms with E-state index in [0.29, 0.717) is 60.9 Å². The largest absolute Gasteiger partial charge is 0.490 e. The predicted molar refractivity (Wildman–Crippen MR) is 137 cm³/mol. The summed E-state index contributed by atoms with van der Waals surface area (Å²) in [5, 5.41) is 32.2. The van der Waals surface area contributed by atoms with E-state index in [2.05, 4.69) is 16.2 Å². The number of aliphatic hydroxyl groups is 2. The second-order valence-corrected chi connectivity index (χ2v) is 9.55. The van der Waals surface area contributed by atoms with E-state index in [1.54, 1.807) is 18.2 Å². The standard InChI is InChI=1S/C28H32N4O5/c1-18(2)36-25-7-6-23(14-24(25)15-29)28-30-27(31-37-28)22-5-4-20-9-11-32(12-10-21(20)13-22)26(35)8-3-19(16-33)17-34/h4-7,13-14,18-19,33-34H,3,8-12,16-17H2,1-2H3. The Morgan fingerprint density at radius 2 is 1.84 bits per heavy atom. The van der Waals surface area contributed by atoms with Gasteiger partial charge in [-0.1, -0.05) is 17.3 Å². The molecule has 194 valence electrons. The highest BCUT2D eigenvalue weighted by Gasteiger charge is 2.21. The van der Waals surface area contributed by atoms with E-state index in [4.69, 9.17) is 9.26 Å². The summed E-state index contributed by atoms with van der Waals surface area (Å²) in [6.07, 6.45) is 2.21. The number of hydrogen-bond acceptors (Lipinski definition) is 8. The summed E-state index contributed by atoms with van der Waals surface area (Å²) in [4.78, 5) is 19.1. The first kappa shape index (κ1) is 26.3. The van der Waals surface area contributed by atoms with E-state index >= 15 is 0 Å². The van der Waals surface area contributed by atoms with Crippen molar-refractivity contribution in [1.82, 2.24) is 15.0 Å². The number of hydrogen-bond donors (Lipinski definition) is 2. The van der Waals surface area contributed by atoms with Crippen LogP contribution in [0.3, 0.4) is 0 Å². The molecule has 1 amide bonds. The number of ether oxygens (including phenoxy) is 1. The number of fused-ring (bicyclic) bond motifs is 1. The van der Waals surface area contributed by atoms with Crippen molar-refractivity contribution in [3.05, 3.63) is 53.1 Å². The van der Waals surface area contributed by atoms with E-state index in [1.807, 2.05) is 36.9 Å². The number of rotatable bonds is 9. The Morgan fingerprint density at radius 3 is 2.54 bits per heavy atom. The molecule has 37 heavy (non-hydrogen) atoms. The first-order valence-electron chi connectivity index (χ1n) is 12.6. The van der Waals surface area contributed by atoms with Gasteiger partial charge in [0.25, 0.3) is 5.89 Å². The predicted octanol–water partition coefficient (Wildman–Crippen LogP) is 3.37. The highest BCUT2D eigenvalue weighted by molar-refractivity contribution is 5.76. The van der Waals surface area contributed by atoms with Crippen LogP contribution in [0.15, 0.2) is 40.9 Å². The fourth-order valence-electron chi connectivity index (χ4n) is 4.40. The molecule has 2 heterocycles. The van der Waals surface area contributed by atoms with Gasteiger partial charge in [-0.25, -0.2) is 0 Å². The molecule has 0 atom stereocenters. The summed E-state index contributed by atoms with van der Waals surface area (Å²) in [6.45, 7) is 4.82. The second-order valence-electron chi connectivity index (χ2n) is 9.55. The van der Waals surface area contributed by atoms with Crippen LogP contribution in [0.2, 0.25) is 0 Å². The highest BCUT2D eigenvalue weighted by atomic mass is 16.5. The molecule has 0 aliphatic carbocycles. The van der Waals surface area contributed by atoms with Crippen molar-refractivity contribution in [2.24, 2.45) is 5.92 Å². The normalized spacial score (nSPS) is 13.4. The van der Waals surface area contributed by atoms with E-state index < -0.39 is 0 Å². The molecule has 9 nitrogen and oxygen atoms in total. The lowest BCUT2D eigenvalue weighted by molar-refractivity contribution is -0.131. The Bertz CT molecular complexity index is 1280. The van der Waals surface area contributed by atoms with Crippen LogP contribution in [0.1, 0.15) is 43.4 Å². The second kappa shape index (κ2) is 12.0. The van der Waals surface area contributed by atoms with Crippen LogP contribution in [-0.4, -0.2) is 63.6 Å². The topological polar surface area (TPSA) is 133 Å². The molecule has 0 saturated carbocycles. The maximum absolute atomic E-state index is 12.7. The molecule has 0 saturated heterocycles. The Labute approximate surface area is 216 Å². The van der Waals surface area contributed by atoms with E-state index in [0.717, 1.165) is 17.5 Å². The number of carbonyl (C=O) groups is 1. The lowest BCUT2D eigenvalue weighted by Gasteiger charge is -2.21. The minimum Gasteiger partial charge on any atom is -0.490 e. The molecule has 0 spiro atoms. The average molecular weight is 505 g/mol. The summed E-state index contributed by atoms with van der Waals surface area (Å²) in [5.74, 6) is 1.08. The Balaban J connectivity index is 1.46. The van der Waals surface area contributed by atoms with Crippen LogP contribution in [0, 0.1) is 17.2 Å². The van der Waals surface area contributed by atoms with Crippen molar-refractivity contribution in [3.8, 4) is 34.7 Å². The molecule has 1 aliphatic heterocycles. The Kier molecular flexibility index (Phi) is 8.54. The molecule has 4 rings (SSSR count). The maximum Gasteiger partial charge on any atom is 0.258 e. The van der Waals surface area contributed by atoms with Gasteiger partial charge in [0.2, 0.25) is 11.7 Å². The van der Waals surface area contributed by atoms with Gasteiger partial charge in [-0.15, -0.1) is 0 Å². The quantitative estimate of drug-likeness (QED) is 0.453. The maximum atomic E-state index is 12.7. The molecule has 1 aromatic heterocycles. The average Bonchev–Trinajstić information content (AvgIpc) is 3.30. The number of aromatic nitrogens is 2. The van der Waals surface area contributed by atoms with Gasteiger partial charge < -0.3 is 24.4 Å². The van der Waals surface area contributed by atoms with Gasteiger partial charge in [-0.2, -0.15) is 10.2 Å². The van der Waals surface area contributed by atoms with Gasteiger partial charge in [0.15, 0.2) is 0 Å². The highest BCUT2D eigenvalue weighted by Crippen LogP contribution is 2.29. The molecule has 3 aromatic rings. The van der Waals surface area contributed by atoms with Gasteiger partial charge in [0.1, 0.15) is 11.8 Å². The zero-order valence-corrected chi connectivity index (χ0v) is 21.2. The van der Waals surface area contributed by atoms with Crippen LogP contribution >= 0.6 is 0 Å². The number of aliphatic hydroxyl groups excluding tert-OH is 2. The smallest absolute Gasteiger partial charge is 0.258 e. The molecular weight excluding hydrogens is 472 g/mol. The van der Waals surface area contributed by atoms with Crippen LogP contribution in [-0.2, 0) is 17.6 Å².